The molecule has 0 spiro atoms. The van der Waals surface area contributed by atoms with E-state index in [1.165, 1.54) is 25.5 Å². The summed E-state index contributed by atoms with van der Waals surface area (Å²) in [6, 6.07) is 8.20. The molecule has 2 aromatic carbocycles. The van der Waals surface area contributed by atoms with Gasteiger partial charge in [-0.3, -0.25) is 14.9 Å². The monoisotopic (exact) mass is 435 g/mol. The van der Waals surface area contributed by atoms with Crippen LogP contribution in [0.2, 0.25) is 0 Å². The Bertz CT molecular complexity index is 876. The Labute approximate surface area is 164 Å². The molecular formula is C18H18BrN3O5. The number of benzene rings is 2. The number of hydrogen-bond donors (Lipinski definition) is 1. The molecule has 0 unspecified atom stereocenters. The third-order valence-electron chi connectivity index (χ3n) is 3.52. The summed E-state index contributed by atoms with van der Waals surface area (Å²) in [6.07, 6.45) is 1.30. The van der Waals surface area contributed by atoms with Crippen LogP contribution >= 0.6 is 15.9 Å². The maximum absolute atomic E-state index is 11.9. The third-order valence-corrected chi connectivity index (χ3v) is 4.11. The summed E-state index contributed by atoms with van der Waals surface area (Å²) in [7, 11) is 1.35. The van der Waals surface area contributed by atoms with E-state index in [-0.39, 0.29) is 18.0 Å². The summed E-state index contributed by atoms with van der Waals surface area (Å²) >= 11 is 3.41. The zero-order valence-corrected chi connectivity index (χ0v) is 16.6. The van der Waals surface area contributed by atoms with Gasteiger partial charge in [-0.25, -0.2) is 5.43 Å². The van der Waals surface area contributed by atoms with Crippen molar-refractivity contribution >= 4 is 33.7 Å². The van der Waals surface area contributed by atoms with Crippen LogP contribution in [0.25, 0.3) is 0 Å². The lowest BCUT2D eigenvalue weighted by Gasteiger charge is -2.11. The number of carbonyl (C=O) groups excluding carboxylic acids is 1. The van der Waals surface area contributed by atoms with Crippen molar-refractivity contribution in [2.24, 2.45) is 5.10 Å². The van der Waals surface area contributed by atoms with Crippen LogP contribution in [0.3, 0.4) is 0 Å². The molecule has 0 bridgehead atoms. The molecule has 9 heteroatoms. The Morgan fingerprint density at radius 1 is 1.33 bits per heavy atom. The number of carbonyl (C=O) groups is 1. The number of ether oxygens (including phenoxy) is 2. The molecule has 2 rings (SSSR count). The van der Waals surface area contributed by atoms with E-state index in [1.54, 1.807) is 6.07 Å². The standard InChI is InChI=1S/C18H18BrN3O5/c1-11-6-12(2)18(14(19)7-11)27-10-17(23)21-20-9-13-4-5-16(26-3)15(8-13)22(24)25/h4-9H,10H2,1-3H3,(H,21,23). The first kappa shape index (κ1) is 20.4. The highest BCUT2D eigenvalue weighted by Gasteiger charge is 2.14. The minimum Gasteiger partial charge on any atom is -0.490 e. The second-order valence-electron chi connectivity index (χ2n) is 5.66. The second kappa shape index (κ2) is 9.13. The molecule has 2 aromatic rings. The van der Waals surface area contributed by atoms with Gasteiger partial charge in [0.15, 0.2) is 12.4 Å². The minimum atomic E-state index is -0.551. The van der Waals surface area contributed by atoms with Crippen LogP contribution < -0.4 is 14.9 Å². The highest BCUT2D eigenvalue weighted by molar-refractivity contribution is 9.10. The Hall–Kier alpha value is -2.94. The molecule has 0 aliphatic carbocycles. The van der Waals surface area contributed by atoms with Crippen molar-refractivity contribution in [3.63, 3.8) is 0 Å². The highest BCUT2D eigenvalue weighted by atomic mass is 79.9. The van der Waals surface area contributed by atoms with Gasteiger partial charge in [-0.2, -0.15) is 5.10 Å². The lowest BCUT2D eigenvalue weighted by Crippen LogP contribution is -2.24. The molecule has 27 heavy (non-hydrogen) atoms. The molecule has 0 aliphatic heterocycles. The van der Waals surface area contributed by atoms with Crippen molar-refractivity contribution in [1.29, 1.82) is 0 Å². The molecule has 142 valence electrons. The van der Waals surface area contributed by atoms with E-state index < -0.39 is 10.8 Å². The van der Waals surface area contributed by atoms with Gasteiger partial charge < -0.3 is 9.47 Å². The number of aryl methyl sites for hydroxylation is 2. The van der Waals surface area contributed by atoms with Gasteiger partial charge in [0.25, 0.3) is 5.91 Å². The maximum atomic E-state index is 11.9. The first-order chi connectivity index (χ1) is 12.8. The molecule has 8 nitrogen and oxygen atoms in total. The van der Waals surface area contributed by atoms with Gasteiger partial charge in [0.2, 0.25) is 0 Å². The van der Waals surface area contributed by atoms with E-state index in [0.29, 0.717) is 11.3 Å². The molecule has 1 amide bonds. The van der Waals surface area contributed by atoms with E-state index in [0.717, 1.165) is 15.6 Å². The van der Waals surface area contributed by atoms with Crippen molar-refractivity contribution < 1.29 is 19.2 Å². The van der Waals surface area contributed by atoms with Crippen molar-refractivity contribution in [2.75, 3.05) is 13.7 Å². The number of nitrogens with one attached hydrogen (secondary N) is 1. The normalized spacial score (nSPS) is 10.7. The predicted octanol–water partition coefficient (Wildman–Crippen LogP) is 3.51. The fourth-order valence-corrected chi connectivity index (χ4v) is 3.15. The van der Waals surface area contributed by atoms with E-state index in [1.807, 2.05) is 26.0 Å². The topological polar surface area (TPSA) is 103 Å². The van der Waals surface area contributed by atoms with Gasteiger partial charge in [0.1, 0.15) is 5.75 Å². The lowest BCUT2D eigenvalue weighted by atomic mass is 10.1. The number of nitro benzene ring substituents is 1. The SMILES string of the molecule is COc1ccc(C=NNC(=O)COc2c(C)cc(C)cc2Br)cc1[N+](=O)[O-]. The van der Waals surface area contributed by atoms with Gasteiger partial charge in [0.05, 0.1) is 22.7 Å². The fourth-order valence-electron chi connectivity index (χ4n) is 2.36. The van der Waals surface area contributed by atoms with Gasteiger partial charge in [-0.05, 0) is 59.1 Å². The molecular weight excluding hydrogens is 418 g/mol. The molecule has 0 fully saturated rings. The zero-order chi connectivity index (χ0) is 20.0. The number of methoxy groups -OCH3 is 1. The van der Waals surface area contributed by atoms with Crippen LogP contribution in [-0.2, 0) is 4.79 Å². The molecule has 0 aromatic heterocycles. The highest BCUT2D eigenvalue weighted by Crippen LogP contribution is 2.30. The quantitative estimate of drug-likeness (QED) is 0.407. The van der Waals surface area contributed by atoms with Gasteiger partial charge in [-0.1, -0.05) is 6.07 Å². The Balaban J connectivity index is 1.96. The number of halogens is 1. The largest absolute Gasteiger partial charge is 0.490 e. The van der Waals surface area contributed by atoms with E-state index in [9.17, 15) is 14.9 Å². The molecule has 0 atom stereocenters. The van der Waals surface area contributed by atoms with Crippen LogP contribution in [0.4, 0.5) is 5.69 Å². The van der Waals surface area contributed by atoms with Crippen LogP contribution in [-0.4, -0.2) is 30.8 Å². The number of nitrogens with zero attached hydrogens (tertiary/aromatic N) is 2. The Morgan fingerprint density at radius 3 is 2.70 bits per heavy atom. The first-order valence-corrected chi connectivity index (χ1v) is 8.65. The third kappa shape index (κ3) is 5.52. The molecule has 0 aliphatic rings. The van der Waals surface area contributed by atoms with Gasteiger partial charge >= 0.3 is 5.69 Å². The summed E-state index contributed by atoms with van der Waals surface area (Å²) < 4.78 is 11.2. The summed E-state index contributed by atoms with van der Waals surface area (Å²) in [6.45, 7) is 3.63. The number of hydrogen-bond acceptors (Lipinski definition) is 6. The second-order valence-corrected chi connectivity index (χ2v) is 6.52. The smallest absolute Gasteiger partial charge is 0.311 e. The summed E-state index contributed by atoms with van der Waals surface area (Å²) in [5.41, 5.74) is 4.56. The number of rotatable bonds is 7. The van der Waals surface area contributed by atoms with Crippen LogP contribution in [0.15, 0.2) is 39.9 Å². The van der Waals surface area contributed by atoms with E-state index in [4.69, 9.17) is 9.47 Å². The van der Waals surface area contributed by atoms with Gasteiger partial charge in [-0.15, -0.1) is 0 Å². The minimum absolute atomic E-state index is 0.147. The molecule has 0 heterocycles. The van der Waals surface area contributed by atoms with E-state index in [2.05, 4.69) is 26.5 Å². The van der Waals surface area contributed by atoms with Crippen molar-refractivity contribution in [3.05, 3.63) is 61.6 Å². The van der Waals surface area contributed by atoms with Crippen LogP contribution in [0, 0.1) is 24.0 Å². The average Bonchev–Trinajstić information content (AvgIpc) is 2.60. The summed E-state index contributed by atoms with van der Waals surface area (Å²) in [5, 5.41) is 14.8. The fraction of sp³-hybridized carbons (Fsp3) is 0.222. The summed E-state index contributed by atoms with van der Waals surface area (Å²) in [4.78, 5) is 22.3. The molecule has 1 N–H and O–H groups in total. The van der Waals surface area contributed by atoms with Crippen molar-refractivity contribution in [2.45, 2.75) is 13.8 Å². The lowest BCUT2D eigenvalue weighted by molar-refractivity contribution is -0.385. The number of nitro groups is 1. The van der Waals surface area contributed by atoms with Crippen molar-refractivity contribution in [1.82, 2.24) is 5.43 Å². The number of amides is 1. The predicted molar refractivity (Wildman–Crippen MR) is 104 cm³/mol. The average molecular weight is 436 g/mol. The zero-order valence-electron chi connectivity index (χ0n) is 15.0. The number of hydrazone groups is 1. The van der Waals surface area contributed by atoms with Crippen LogP contribution in [0.5, 0.6) is 11.5 Å². The van der Waals surface area contributed by atoms with E-state index >= 15 is 0 Å². The maximum Gasteiger partial charge on any atom is 0.311 e. The molecule has 0 saturated carbocycles. The first-order valence-electron chi connectivity index (χ1n) is 7.85. The Morgan fingerprint density at radius 2 is 2.07 bits per heavy atom. The summed E-state index contributed by atoms with van der Waals surface area (Å²) in [5.74, 6) is 0.278. The van der Waals surface area contributed by atoms with Gasteiger partial charge in [0, 0.05) is 11.6 Å². The molecule has 0 radical (unpaired) electrons. The molecule has 0 saturated heterocycles. The Kier molecular flexibility index (Phi) is 6.89. The van der Waals surface area contributed by atoms with Crippen LogP contribution in [0.1, 0.15) is 16.7 Å². The van der Waals surface area contributed by atoms with Crippen molar-refractivity contribution in [3.8, 4) is 11.5 Å².